The maximum atomic E-state index is 12.3. The number of esters is 1. The second-order valence-corrected chi connectivity index (χ2v) is 6.04. The minimum absolute atomic E-state index is 0.281. The summed E-state index contributed by atoms with van der Waals surface area (Å²) in [6.45, 7) is -0.801. The molecule has 0 unspecified atom stereocenters. The predicted octanol–water partition coefficient (Wildman–Crippen LogP) is 2.48. The lowest BCUT2D eigenvalue weighted by Crippen LogP contribution is -2.26. The molecule has 27 heavy (non-hydrogen) atoms. The molecular formula is C19H15ClN2O5. The summed E-state index contributed by atoms with van der Waals surface area (Å²) in [5.74, 6) is -0.701. The van der Waals surface area contributed by atoms with Gasteiger partial charge in [0.2, 0.25) is 0 Å². The zero-order valence-corrected chi connectivity index (χ0v) is 15.1. The normalized spacial score (nSPS) is 10.6. The van der Waals surface area contributed by atoms with E-state index in [-0.39, 0.29) is 22.7 Å². The van der Waals surface area contributed by atoms with Gasteiger partial charge in [-0.05, 0) is 30.3 Å². The highest BCUT2D eigenvalue weighted by molar-refractivity contribution is 6.32. The number of nitrogens with zero attached hydrogens (tertiary/aromatic N) is 2. The van der Waals surface area contributed by atoms with Gasteiger partial charge in [-0.25, -0.2) is 4.98 Å². The fourth-order valence-corrected chi connectivity index (χ4v) is 2.73. The van der Waals surface area contributed by atoms with Gasteiger partial charge in [0.1, 0.15) is 12.3 Å². The van der Waals surface area contributed by atoms with Gasteiger partial charge in [-0.1, -0.05) is 23.7 Å². The predicted molar refractivity (Wildman–Crippen MR) is 99.3 cm³/mol. The first-order chi connectivity index (χ1) is 13.0. The number of benzene rings is 2. The van der Waals surface area contributed by atoms with Crippen LogP contribution in [-0.2, 0) is 16.1 Å². The summed E-state index contributed by atoms with van der Waals surface area (Å²) in [6.07, 6.45) is 1.27. The third kappa shape index (κ3) is 4.15. The van der Waals surface area contributed by atoms with E-state index < -0.39 is 18.4 Å². The van der Waals surface area contributed by atoms with Crippen molar-refractivity contribution in [1.82, 2.24) is 9.55 Å². The van der Waals surface area contributed by atoms with E-state index in [1.165, 1.54) is 25.6 Å². The third-order valence-corrected chi connectivity index (χ3v) is 4.16. The molecule has 0 amide bonds. The number of aromatic nitrogens is 2. The minimum Gasteiger partial charge on any atom is -0.495 e. The van der Waals surface area contributed by atoms with Gasteiger partial charge in [-0.3, -0.25) is 19.0 Å². The number of ether oxygens (including phenoxy) is 2. The average Bonchev–Trinajstić information content (AvgIpc) is 2.68. The van der Waals surface area contributed by atoms with Crippen LogP contribution < -0.4 is 10.3 Å². The largest absolute Gasteiger partial charge is 0.495 e. The van der Waals surface area contributed by atoms with Gasteiger partial charge in [-0.15, -0.1) is 0 Å². The summed E-state index contributed by atoms with van der Waals surface area (Å²) in [6, 6.07) is 11.3. The Bertz CT molecular complexity index is 1080. The molecule has 8 heteroatoms. The number of methoxy groups -OCH3 is 1. The van der Waals surface area contributed by atoms with Gasteiger partial charge in [0, 0.05) is 5.56 Å². The van der Waals surface area contributed by atoms with Gasteiger partial charge < -0.3 is 9.47 Å². The Morgan fingerprint density at radius 2 is 1.96 bits per heavy atom. The van der Waals surface area contributed by atoms with Crippen LogP contribution >= 0.6 is 11.6 Å². The highest BCUT2D eigenvalue weighted by Crippen LogP contribution is 2.25. The van der Waals surface area contributed by atoms with E-state index in [0.29, 0.717) is 16.7 Å². The number of carbonyl (C=O) groups is 2. The molecule has 0 aliphatic rings. The Hall–Kier alpha value is -3.19. The Morgan fingerprint density at radius 3 is 2.70 bits per heavy atom. The maximum Gasteiger partial charge on any atom is 0.326 e. The van der Waals surface area contributed by atoms with Crippen molar-refractivity contribution in [1.29, 1.82) is 0 Å². The van der Waals surface area contributed by atoms with Gasteiger partial charge in [-0.2, -0.15) is 0 Å². The number of para-hydroxylation sites is 1. The lowest BCUT2D eigenvalue weighted by atomic mass is 10.1. The molecule has 0 N–H and O–H groups in total. The van der Waals surface area contributed by atoms with Crippen LogP contribution in [0.3, 0.4) is 0 Å². The van der Waals surface area contributed by atoms with Crippen LogP contribution in [0, 0.1) is 0 Å². The van der Waals surface area contributed by atoms with Gasteiger partial charge >= 0.3 is 5.97 Å². The standard InChI is InChI=1S/C19H15ClN2O5/c1-26-17-7-6-12(8-14(17)20)16(23)10-27-18(24)9-22-11-21-15-5-3-2-4-13(15)19(22)25/h2-8,11H,9-10H2,1H3. The van der Waals surface area contributed by atoms with Crippen molar-refractivity contribution in [3.63, 3.8) is 0 Å². The number of rotatable bonds is 6. The first-order valence-electron chi connectivity index (χ1n) is 7.96. The molecule has 0 atom stereocenters. The van der Waals surface area contributed by atoms with Crippen LogP contribution in [0.1, 0.15) is 10.4 Å². The number of carbonyl (C=O) groups excluding carboxylic acids is 2. The molecule has 3 rings (SSSR count). The molecule has 3 aromatic rings. The molecule has 1 heterocycles. The smallest absolute Gasteiger partial charge is 0.326 e. The highest BCUT2D eigenvalue weighted by Gasteiger charge is 2.14. The molecule has 0 fully saturated rings. The summed E-state index contributed by atoms with van der Waals surface area (Å²) in [4.78, 5) is 40.6. The van der Waals surface area contributed by atoms with E-state index in [1.54, 1.807) is 30.3 Å². The fraction of sp³-hybridized carbons (Fsp3) is 0.158. The van der Waals surface area contributed by atoms with Gasteiger partial charge in [0.05, 0.1) is 29.4 Å². The first kappa shape index (κ1) is 18.6. The first-order valence-corrected chi connectivity index (χ1v) is 8.34. The quantitative estimate of drug-likeness (QED) is 0.477. The summed E-state index contributed by atoms with van der Waals surface area (Å²) in [7, 11) is 1.47. The number of hydrogen-bond donors (Lipinski definition) is 0. The van der Waals surface area contributed by atoms with Crippen LogP contribution in [0.2, 0.25) is 5.02 Å². The van der Waals surface area contributed by atoms with Crippen molar-refractivity contribution in [3.05, 3.63) is 69.7 Å². The Kier molecular flexibility index (Phi) is 5.52. The summed E-state index contributed by atoms with van der Waals surface area (Å²) < 4.78 is 11.1. The molecule has 7 nitrogen and oxygen atoms in total. The average molecular weight is 387 g/mol. The molecule has 1 aromatic heterocycles. The summed E-state index contributed by atoms with van der Waals surface area (Å²) in [5.41, 5.74) is 0.475. The fourth-order valence-electron chi connectivity index (χ4n) is 2.47. The van der Waals surface area contributed by atoms with E-state index in [4.69, 9.17) is 21.1 Å². The van der Waals surface area contributed by atoms with Crippen molar-refractivity contribution in [3.8, 4) is 5.75 Å². The van der Waals surface area contributed by atoms with E-state index >= 15 is 0 Å². The second-order valence-electron chi connectivity index (χ2n) is 5.63. The topological polar surface area (TPSA) is 87.5 Å². The van der Waals surface area contributed by atoms with Crippen molar-refractivity contribution in [2.24, 2.45) is 0 Å². The number of hydrogen-bond acceptors (Lipinski definition) is 6. The third-order valence-electron chi connectivity index (χ3n) is 3.87. The van der Waals surface area contributed by atoms with Crippen LogP contribution in [0.25, 0.3) is 10.9 Å². The van der Waals surface area contributed by atoms with Gasteiger partial charge in [0.25, 0.3) is 5.56 Å². The maximum absolute atomic E-state index is 12.3. The van der Waals surface area contributed by atoms with Crippen molar-refractivity contribution >= 4 is 34.3 Å². The number of Topliss-reactive ketones (excluding diaryl/α,β-unsaturated/α-hetero) is 1. The molecule has 138 valence electrons. The number of halogens is 1. The number of fused-ring (bicyclic) bond motifs is 1. The molecule has 0 bridgehead atoms. The summed E-state index contributed by atoms with van der Waals surface area (Å²) >= 11 is 5.98. The molecule has 0 aliphatic heterocycles. The van der Waals surface area contributed by atoms with E-state index in [1.807, 2.05) is 0 Å². The molecular weight excluding hydrogens is 372 g/mol. The molecule has 0 aliphatic carbocycles. The van der Waals surface area contributed by atoms with Crippen molar-refractivity contribution < 1.29 is 19.1 Å². The van der Waals surface area contributed by atoms with E-state index in [9.17, 15) is 14.4 Å². The lowest BCUT2D eigenvalue weighted by molar-refractivity contribution is -0.143. The van der Waals surface area contributed by atoms with Gasteiger partial charge in [0.15, 0.2) is 12.4 Å². The van der Waals surface area contributed by atoms with Crippen LogP contribution in [-0.4, -0.2) is 35.0 Å². The number of ketones is 1. The SMILES string of the molecule is COc1ccc(C(=O)COC(=O)Cn2cnc3ccccc3c2=O)cc1Cl. The molecule has 0 saturated carbocycles. The Morgan fingerprint density at radius 1 is 1.19 bits per heavy atom. The molecule has 0 saturated heterocycles. The zero-order valence-electron chi connectivity index (χ0n) is 14.3. The molecule has 0 spiro atoms. The zero-order chi connectivity index (χ0) is 19.4. The Balaban J connectivity index is 1.65. The van der Waals surface area contributed by atoms with Crippen molar-refractivity contribution in [2.75, 3.05) is 13.7 Å². The molecule has 2 aromatic carbocycles. The van der Waals surface area contributed by atoms with Crippen LogP contribution in [0.5, 0.6) is 5.75 Å². The Labute approximate surface area is 159 Å². The lowest BCUT2D eigenvalue weighted by Gasteiger charge is -2.08. The second kappa shape index (κ2) is 8.01. The van der Waals surface area contributed by atoms with E-state index in [2.05, 4.69) is 4.98 Å². The summed E-state index contributed by atoms with van der Waals surface area (Å²) in [5, 5.41) is 0.681. The van der Waals surface area contributed by atoms with Crippen LogP contribution in [0.15, 0.2) is 53.6 Å². The minimum atomic E-state index is -0.720. The van der Waals surface area contributed by atoms with E-state index in [0.717, 1.165) is 4.57 Å². The monoisotopic (exact) mass is 386 g/mol. The highest BCUT2D eigenvalue weighted by atomic mass is 35.5. The van der Waals surface area contributed by atoms with Crippen LogP contribution in [0.4, 0.5) is 0 Å². The molecule has 0 radical (unpaired) electrons. The van der Waals surface area contributed by atoms with Crippen molar-refractivity contribution in [2.45, 2.75) is 6.54 Å².